The molecule has 0 unspecified atom stereocenters. The number of carbonyl (C=O) groups is 3. The molecule has 0 aliphatic carbocycles. The summed E-state index contributed by atoms with van der Waals surface area (Å²) in [6, 6.07) is 10.0. The standard InChI is InChI=1S/C29H38ClN5O5/c1-29(2,3)40-28(38)34-14-11-19(12-15-34)26(36)35-16-13-25(23(18-35)24-10-9-22(39-4)17-31-24)33-27(37)32-21-7-5-20(30)6-8-21/h5-10,17,19,23,25H,11-16,18H2,1-4H3,(H2,32,33,37)/t23-,25+/m0/s1. The van der Waals surface area contributed by atoms with E-state index < -0.39 is 5.60 Å². The minimum atomic E-state index is -0.557. The number of benzene rings is 1. The van der Waals surface area contributed by atoms with Crippen molar-refractivity contribution in [2.24, 2.45) is 5.92 Å². The number of anilines is 1. The van der Waals surface area contributed by atoms with Crippen LogP contribution in [0.15, 0.2) is 42.6 Å². The highest BCUT2D eigenvalue weighted by molar-refractivity contribution is 6.30. The molecule has 2 aliphatic rings. The van der Waals surface area contributed by atoms with E-state index in [0.29, 0.717) is 61.9 Å². The molecule has 11 heteroatoms. The van der Waals surface area contributed by atoms with Crippen LogP contribution in [-0.2, 0) is 9.53 Å². The fraction of sp³-hybridized carbons (Fsp3) is 0.517. The van der Waals surface area contributed by atoms with E-state index in [1.165, 1.54) is 0 Å². The Hall–Kier alpha value is -3.53. The van der Waals surface area contributed by atoms with Crippen LogP contribution in [-0.4, -0.2) is 77.7 Å². The second kappa shape index (κ2) is 12.8. The highest BCUT2D eigenvalue weighted by Gasteiger charge is 2.38. The molecule has 216 valence electrons. The lowest BCUT2D eigenvalue weighted by molar-refractivity contribution is -0.138. The molecule has 40 heavy (non-hydrogen) atoms. The van der Waals surface area contributed by atoms with Crippen molar-refractivity contribution in [2.75, 3.05) is 38.6 Å². The molecular formula is C29H38ClN5O5. The average Bonchev–Trinajstić information content (AvgIpc) is 2.93. The molecule has 4 amide bonds. The van der Waals surface area contributed by atoms with Gasteiger partial charge in [-0.05, 0) is 76.4 Å². The van der Waals surface area contributed by atoms with Crippen molar-refractivity contribution in [1.29, 1.82) is 0 Å². The van der Waals surface area contributed by atoms with Gasteiger partial charge in [0.15, 0.2) is 0 Å². The van der Waals surface area contributed by atoms with Gasteiger partial charge < -0.3 is 29.9 Å². The van der Waals surface area contributed by atoms with Gasteiger partial charge in [0.2, 0.25) is 5.91 Å². The van der Waals surface area contributed by atoms with Gasteiger partial charge in [-0.25, -0.2) is 9.59 Å². The molecule has 1 aromatic heterocycles. The summed E-state index contributed by atoms with van der Waals surface area (Å²) in [6.07, 6.45) is 3.06. The number of aromatic nitrogens is 1. The first-order chi connectivity index (χ1) is 19.0. The van der Waals surface area contributed by atoms with Gasteiger partial charge in [0, 0.05) is 60.5 Å². The summed E-state index contributed by atoms with van der Waals surface area (Å²) in [7, 11) is 1.58. The van der Waals surface area contributed by atoms with Crippen LogP contribution in [0.25, 0.3) is 0 Å². The Bertz CT molecular complexity index is 1180. The monoisotopic (exact) mass is 571 g/mol. The number of likely N-dealkylation sites (tertiary alicyclic amines) is 2. The number of nitrogens with one attached hydrogen (secondary N) is 2. The molecule has 2 atom stereocenters. The lowest BCUT2D eigenvalue weighted by Gasteiger charge is -2.41. The fourth-order valence-electron chi connectivity index (χ4n) is 5.12. The zero-order valence-electron chi connectivity index (χ0n) is 23.5. The minimum Gasteiger partial charge on any atom is -0.495 e. The molecular weight excluding hydrogens is 534 g/mol. The van der Waals surface area contributed by atoms with E-state index in [4.69, 9.17) is 21.1 Å². The van der Waals surface area contributed by atoms with Crippen LogP contribution in [0.4, 0.5) is 15.3 Å². The maximum absolute atomic E-state index is 13.6. The third kappa shape index (κ3) is 7.78. The number of rotatable bonds is 5. The quantitative estimate of drug-likeness (QED) is 0.528. The number of urea groups is 1. The van der Waals surface area contributed by atoms with Crippen LogP contribution in [0.2, 0.25) is 5.02 Å². The Kier molecular flexibility index (Phi) is 9.40. The summed E-state index contributed by atoms with van der Waals surface area (Å²) < 4.78 is 10.7. The highest BCUT2D eigenvalue weighted by atomic mass is 35.5. The molecule has 2 aliphatic heterocycles. The second-order valence-corrected chi connectivity index (χ2v) is 11.7. The van der Waals surface area contributed by atoms with Crippen LogP contribution >= 0.6 is 11.6 Å². The molecule has 10 nitrogen and oxygen atoms in total. The number of ether oxygens (including phenoxy) is 2. The minimum absolute atomic E-state index is 0.0754. The molecule has 0 bridgehead atoms. The first kappa shape index (κ1) is 29.5. The third-order valence-corrected chi connectivity index (χ3v) is 7.47. The van der Waals surface area contributed by atoms with E-state index in [1.54, 1.807) is 42.5 Å². The van der Waals surface area contributed by atoms with Gasteiger partial charge in [-0.15, -0.1) is 0 Å². The SMILES string of the molecule is COc1ccc([C@@H]2CN(C(=O)C3CCN(C(=O)OC(C)(C)C)CC3)CC[C@H]2NC(=O)Nc2ccc(Cl)cc2)nc1. The van der Waals surface area contributed by atoms with Crippen LogP contribution in [0, 0.1) is 5.92 Å². The number of carbonyl (C=O) groups excluding carboxylic acids is 3. The van der Waals surface area contributed by atoms with Crippen molar-refractivity contribution in [3.05, 3.63) is 53.3 Å². The van der Waals surface area contributed by atoms with Crippen LogP contribution in [0.3, 0.4) is 0 Å². The van der Waals surface area contributed by atoms with Gasteiger partial charge in [-0.2, -0.15) is 0 Å². The lowest BCUT2D eigenvalue weighted by atomic mass is 9.87. The number of pyridine rings is 1. The normalized spacial score (nSPS) is 20.0. The van der Waals surface area contributed by atoms with Crippen molar-refractivity contribution in [3.63, 3.8) is 0 Å². The molecule has 0 saturated carbocycles. The van der Waals surface area contributed by atoms with Crippen molar-refractivity contribution in [1.82, 2.24) is 20.1 Å². The van der Waals surface area contributed by atoms with Crippen molar-refractivity contribution in [2.45, 2.75) is 57.6 Å². The van der Waals surface area contributed by atoms with Crippen LogP contribution in [0.1, 0.15) is 51.6 Å². The summed E-state index contributed by atoms with van der Waals surface area (Å²) in [5, 5.41) is 6.52. The number of halogens is 1. The summed E-state index contributed by atoms with van der Waals surface area (Å²) >= 11 is 5.95. The summed E-state index contributed by atoms with van der Waals surface area (Å²) in [5.41, 5.74) is 0.847. The second-order valence-electron chi connectivity index (χ2n) is 11.3. The van der Waals surface area contributed by atoms with Crippen molar-refractivity contribution < 1.29 is 23.9 Å². The van der Waals surface area contributed by atoms with Gasteiger partial charge in [0.05, 0.1) is 13.3 Å². The zero-order valence-corrected chi connectivity index (χ0v) is 24.2. The van der Waals surface area contributed by atoms with Crippen LogP contribution in [0.5, 0.6) is 5.75 Å². The lowest BCUT2D eigenvalue weighted by Crippen LogP contribution is -2.54. The fourth-order valence-corrected chi connectivity index (χ4v) is 5.24. The molecule has 2 N–H and O–H groups in total. The van der Waals surface area contributed by atoms with Crippen molar-refractivity contribution in [3.8, 4) is 5.75 Å². The molecule has 0 radical (unpaired) electrons. The number of methoxy groups -OCH3 is 1. The Morgan fingerprint density at radius 1 is 0.975 bits per heavy atom. The number of hydrogen-bond acceptors (Lipinski definition) is 6. The molecule has 0 spiro atoms. The molecule has 1 aromatic carbocycles. The Morgan fingerprint density at radius 3 is 2.25 bits per heavy atom. The summed E-state index contributed by atoms with van der Waals surface area (Å²) in [5.74, 6) is 0.336. The van der Waals surface area contributed by atoms with Gasteiger partial charge >= 0.3 is 12.1 Å². The average molecular weight is 572 g/mol. The third-order valence-electron chi connectivity index (χ3n) is 7.21. The Morgan fingerprint density at radius 2 is 1.65 bits per heavy atom. The number of nitrogens with zero attached hydrogens (tertiary/aromatic N) is 3. The first-order valence-corrected chi connectivity index (χ1v) is 14.0. The Labute approximate surface area is 240 Å². The van der Waals surface area contributed by atoms with E-state index in [9.17, 15) is 14.4 Å². The number of hydrogen-bond donors (Lipinski definition) is 2. The van der Waals surface area contributed by atoms with Gasteiger partial charge in [0.1, 0.15) is 11.4 Å². The smallest absolute Gasteiger partial charge is 0.410 e. The molecule has 2 fully saturated rings. The van der Waals surface area contributed by atoms with E-state index in [-0.39, 0.29) is 35.9 Å². The maximum atomic E-state index is 13.6. The van der Waals surface area contributed by atoms with E-state index in [1.807, 2.05) is 37.8 Å². The number of piperidine rings is 2. The summed E-state index contributed by atoms with van der Waals surface area (Å²) in [4.78, 5) is 47.0. The largest absolute Gasteiger partial charge is 0.495 e. The number of amides is 4. The van der Waals surface area contributed by atoms with E-state index in [2.05, 4.69) is 15.6 Å². The predicted octanol–water partition coefficient (Wildman–Crippen LogP) is 4.90. The van der Waals surface area contributed by atoms with E-state index >= 15 is 0 Å². The van der Waals surface area contributed by atoms with Gasteiger partial charge in [-0.3, -0.25) is 9.78 Å². The van der Waals surface area contributed by atoms with E-state index in [0.717, 1.165) is 5.69 Å². The maximum Gasteiger partial charge on any atom is 0.410 e. The van der Waals surface area contributed by atoms with Crippen LogP contribution < -0.4 is 15.4 Å². The first-order valence-electron chi connectivity index (χ1n) is 13.6. The Balaban J connectivity index is 1.41. The topological polar surface area (TPSA) is 113 Å². The summed E-state index contributed by atoms with van der Waals surface area (Å²) in [6.45, 7) is 7.44. The zero-order chi connectivity index (χ0) is 28.9. The molecule has 4 rings (SSSR count). The van der Waals surface area contributed by atoms with Gasteiger partial charge in [-0.1, -0.05) is 11.6 Å². The predicted molar refractivity (Wildman–Crippen MR) is 153 cm³/mol. The molecule has 2 aromatic rings. The highest BCUT2D eigenvalue weighted by Crippen LogP contribution is 2.30. The van der Waals surface area contributed by atoms with Gasteiger partial charge in [0.25, 0.3) is 0 Å². The van der Waals surface area contributed by atoms with Crippen molar-refractivity contribution >= 4 is 35.3 Å². The molecule has 3 heterocycles. The molecule has 2 saturated heterocycles.